The fraction of sp³-hybridized carbons (Fsp3) is 0.111. The molecule has 0 saturated heterocycles. The number of anilines is 1. The number of hydrogen-bond acceptors (Lipinski definition) is 3. The Balaban J connectivity index is 1.75. The quantitative estimate of drug-likeness (QED) is 0.731. The molecule has 1 N–H and O–H groups in total. The molecule has 3 aromatic rings. The first-order valence-electron chi connectivity index (χ1n) is 7.27. The fourth-order valence-electron chi connectivity index (χ4n) is 2.33. The highest BCUT2D eigenvalue weighted by atomic mass is 32.1. The molecule has 0 aliphatic carbocycles. The molecular formula is C18H17N3OS. The molecule has 0 aliphatic rings. The first-order valence-corrected chi connectivity index (χ1v) is 8.21. The maximum absolute atomic E-state index is 12.0. The van der Waals surface area contributed by atoms with Crippen LogP contribution in [0.4, 0.5) is 5.69 Å². The minimum atomic E-state index is -0.151. The summed E-state index contributed by atoms with van der Waals surface area (Å²) in [4.78, 5) is 12.0. The zero-order valence-electron chi connectivity index (χ0n) is 13.0. The van der Waals surface area contributed by atoms with Crippen LogP contribution >= 0.6 is 11.3 Å². The number of nitrogens with one attached hydrogen (secondary N) is 1. The van der Waals surface area contributed by atoms with Crippen LogP contribution in [0.2, 0.25) is 0 Å². The van der Waals surface area contributed by atoms with Crippen molar-refractivity contribution in [3.05, 3.63) is 70.2 Å². The average molecular weight is 323 g/mol. The maximum atomic E-state index is 12.0. The Bertz CT molecular complexity index is 847. The lowest BCUT2D eigenvalue weighted by molar-refractivity contribution is -0.111. The molecule has 2 heterocycles. The van der Waals surface area contributed by atoms with Crippen LogP contribution in [-0.4, -0.2) is 15.7 Å². The van der Waals surface area contributed by atoms with Crippen molar-refractivity contribution >= 4 is 29.0 Å². The first-order chi connectivity index (χ1) is 11.1. The summed E-state index contributed by atoms with van der Waals surface area (Å²) in [7, 11) is 0. The van der Waals surface area contributed by atoms with E-state index in [1.54, 1.807) is 17.4 Å². The molecule has 116 valence electrons. The van der Waals surface area contributed by atoms with Crippen LogP contribution in [0.5, 0.6) is 0 Å². The van der Waals surface area contributed by atoms with Crippen molar-refractivity contribution in [2.45, 2.75) is 13.8 Å². The second-order valence-electron chi connectivity index (χ2n) is 5.27. The molecule has 0 aliphatic heterocycles. The monoisotopic (exact) mass is 323 g/mol. The van der Waals surface area contributed by atoms with Crippen LogP contribution in [0.1, 0.15) is 17.0 Å². The number of aromatic nitrogens is 2. The van der Waals surface area contributed by atoms with Crippen molar-refractivity contribution in [2.24, 2.45) is 0 Å². The molecular weight excluding hydrogens is 306 g/mol. The third kappa shape index (κ3) is 3.76. The van der Waals surface area contributed by atoms with Crippen LogP contribution in [-0.2, 0) is 4.79 Å². The van der Waals surface area contributed by atoms with Gasteiger partial charge in [0.2, 0.25) is 5.91 Å². The average Bonchev–Trinajstić information content (AvgIpc) is 3.15. The Kier molecular flexibility index (Phi) is 4.39. The highest BCUT2D eigenvalue weighted by molar-refractivity contribution is 7.08. The van der Waals surface area contributed by atoms with Crippen LogP contribution in [0.3, 0.4) is 0 Å². The van der Waals surface area contributed by atoms with E-state index in [-0.39, 0.29) is 5.91 Å². The van der Waals surface area contributed by atoms with Gasteiger partial charge in [0.05, 0.1) is 11.4 Å². The number of rotatable bonds is 4. The SMILES string of the molecule is Cc1cc(C)n(-c2cccc(NC(=O)/C=C/c3ccsc3)c2)n1. The number of carbonyl (C=O) groups is 1. The Hall–Kier alpha value is -2.66. The van der Waals surface area contributed by atoms with Crippen molar-refractivity contribution in [3.63, 3.8) is 0 Å². The lowest BCUT2D eigenvalue weighted by Crippen LogP contribution is -2.08. The van der Waals surface area contributed by atoms with Crippen LogP contribution < -0.4 is 5.32 Å². The third-order valence-electron chi connectivity index (χ3n) is 3.34. The zero-order valence-corrected chi connectivity index (χ0v) is 13.8. The molecule has 0 atom stereocenters. The van der Waals surface area contributed by atoms with E-state index in [0.29, 0.717) is 0 Å². The summed E-state index contributed by atoms with van der Waals surface area (Å²) in [6.07, 6.45) is 3.34. The lowest BCUT2D eigenvalue weighted by atomic mass is 10.2. The van der Waals surface area contributed by atoms with E-state index in [4.69, 9.17) is 0 Å². The molecule has 0 spiro atoms. The Labute approximate surface area is 139 Å². The molecule has 0 saturated carbocycles. The van der Waals surface area contributed by atoms with Gasteiger partial charge in [0.25, 0.3) is 0 Å². The van der Waals surface area contributed by atoms with Gasteiger partial charge in [-0.1, -0.05) is 6.07 Å². The number of benzene rings is 1. The summed E-state index contributed by atoms with van der Waals surface area (Å²) in [5.41, 5.74) is 4.73. The molecule has 1 aromatic carbocycles. The molecule has 2 aromatic heterocycles. The van der Waals surface area contributed by atoms with Gasteiger partial charge >= 0.3 is 0 Å². The lowest BCUT2D eigenvalue weighted by Gasteiger charge is -2.07. The van der Waals surface area contributed by atoms with E-state index in [9.17, 15) is 4.79 Å². The van der Waals surface area contributed by atoms with Gasteiger partial charge in [0, 0.05) is 17.5 Å². The first kappa shape index (κ1) is 15.2. The molecule has 4 nitrogen and oxygen atoms in total. The summed E-state index contributed by atoms with van der Waals surface area (Å²) in [5, 5.41) is 11.3. The second-order valence-corrected chi connectivity index (χ2v) is 6.05. The molecule has 0 unspecified atom stereocenters. The summed E-state index contributed by atoms with van der Waals surface area (Å²) >= 11 is 1.61. The van der Waals surface area contributed by atoms with E-state index < -0.39 is 0 Å². The number of carbonyl (C=O) groups excluding carboxylic acids is 1. The van der Waals surface area contributed by atoms with Crippen molar-refractivity contribution < 1.29 is 4.79 Å². The minimum absolute atomic E-state index is 0.151. The Morgan fingerprint density at radius 2 is 2.13 bits per heavy atom. The highest BCUT2D eigenvalue weighted by Crippen LogP contribution is 2.17. The van der Waals surface area contributed by atoms with Gasteiger partial charge in [-0.2, -0.15) is 16.4 Å². The van der Waals surface area contributed by atoms with Crippen LogP contribution in [0.15, 0.2) is 53.2 Å². The number of amides is 1. The van der Waals surface area contributed by atoms with Gasteiger partial charge in [-0.3, -0.25) is 4.79 Å². The van der Waals surface area contributed by atoms with Gasteiger partial charge in [-0.25, -0.2) is 4.68 Å². The van der Waals surface area contributed by atoms with E-state index in [2.05, 4.69) is 10.4 Å². The van der Waals surface area contributed by atoms with Crippen molar-refractivity contribution in [2.75, 3.05) is 5.32 Å². The molecule has 0 radical (unpaired) electrons. The van der Waals surface area contributed by atoms with Gasteiger partial charge < -0.3 is 5.32 Å². The van der Waals surface area contributed by atoms with Crippen molar-refractivity contribution in [3.8, 4) is 5.69 Å². The predicted molar refractivity (Wildman–Crippen MR) is 95.0 cm³/mol. The minimum Gasteiger partial charge on any atom is -0.322 e. The largest absolute Gasteiger partial charge is 0.322 e. The summed E-state index contributed by atoms with van der Waals surface area (Å²) in [6, 6.07) is 11.6. The number of thiophene rings is 1. The maximum Gasteiger partial charge on any atom is 0.248 e. The molecule has 1 amide bonds. The van der Waals surface area contributed by atoms with Gasteiger partial charge in [0.1, 0.15) is 0 Å². The predicted octanol–water partition coefficient (Wildman–Crippen LogP) is 4.20. The van der Waals surface area contributed by atoms with Crippen molar-refractivity contribution in [1.29, 1.82) is 0 Å². The standard InChI is InChI=1S/C18H17N3OS/c1-13-10-14(2)21(20-13)17-5-3-4-16(11-17)19-18(22)7-6-15-8-9-23-12-15/h3-12H,1-2H3,(H,19,22)/b7-6+. The van der Waals surface area contributed by atoms with Crippen LogP contribution in [0.25, 0.3) is 11.8 Å². The van der Waals surface area contributed by atoms with E-state index in [0.717, 1.165) is 28.3 Å². The molecule has 5 heteroatoms. The Morgan fingerprint density at radius 3 is 2.83 bits per heavy atom. The summed E-state index contributed by atoms with van der Waals surface area (Å²) in [6.45, 7) is 3.97. The van der Waals surface area contributed by atoms with Gasteiger partial charge in [0.15, 0.2) is 0 Å². The molecule has 23 heavy (non-hydrogen) atoms. The van der Waals surface area contributed by atoms with E-state index in [1.165, 1.54) is 6.08 Å². The highest BCUT2D eigenvalue weighted by Gasteiger charge is 2.05. The second kappa shape index (κ2) is 6.62. The van der Waals surface area contributed by atoms with Gasteiger partial charge in [-0.05, 0) is 66.6 Å². The van der Waals surface area contributed by atoms with Crippen LogP contribution in [0, 0.1) is 13.8 Å². The van der Waals surface area contributed by atoms with Gasteiger partial charge in [-0.15, -0.1) is 0 Å². The van der Waals surface area contributed by atoms with E-state index >= 15 is 0 Å². The normalized spacial score (nSPS) is 11.0. The fourth-order valence-corrected chi connectivity index (χ4v) is 2.96. The van der Waals surface area contributed by atoms with E-state index in [1.807, 2.05) is 65.7 Å². The number of hydrogen-bond donors (Lipinski definition) is 1. The summed E-state index contributed by atoms with van der Waals surface area (Å²) in [5.74, 6) is -0.151. The zero-order chi connectivity index (χ0) is 16.2. The Morgan fingerprint density at radius 1 is 1.26 bits per heavy atom. The third-order valence-corrected chi connectivity index (χ3v) is 4.04. The molecule has 0 fully saturated rings. The molecule has 3 rings (SSSR count). The van der Waals surface area contributed by atoms with Crippen molar-refractivity contribution in [1.82, 2.24) is 9.78 Å². The topological polar surface area (TPSA) is 46.9 Å². The smallest absolute Gasteiger partial charge is 0.248 e. The molecule has 0 bridgehead atoms. The number of nitrogens with zero attached hydrogens (tertiary/aromatic N) is 2. The summed E-state index contributed by atoms with van der Waals surface area (Å²) < 4.78 is 1.87. The number of aryl methyl sites for hydroxylation is 2.